The molecule has 2 heterocycles. The van der Waals surface area contributed by atoms with Crippen LogP contribution in [0.25, 0.3) is 0 Å². The van der Waals surface area contributed by atoms with Gasteiger partial charge in [0.25, 0.3) is 0 Å². The highest BCUT2D eigenvalue weighted by molar-refractivity contribution is 7.89. The molecule has 0 amide bonds. The number of hydrogen-bond acceptors (Lipinski definition) is 4. The van der Waals surface area contributed by atoms with Gasteiger partial charge in [0, 0.05) is 17.5 Å². The van der Waals surface area contributed by atoms with Gasteiger partial charge in [-0.2, -0.15) is 4.31 Å². The number of aliphatic carboxylic acids is 1. The van der Waals surface area contributed by atoms with Gasteiger partial charge in [0.15, 0.2) is 0 Å². The van der Waals surface area contributed by atoms with Gasteiger partial charge >= 0.3 is 5.97 Å². The van der Waals surface area contributed by atoms with Gasteiger partial charge in [-0.05, 0) is 43.2 Å². The molecule has 5 nitrogen and oxygen atoms in total. The zero-order chi connectivity index (χ0) is 15.2. The molecule has 0 spiro atoms. The maximum atomic E-state index is 12.9. The lowest BCUT2D eigenvalue weighted by Crippen LogP contribution is -2.45. The van der Waals surface area contributed by atoms with E-state index in [4.69, 9.17) is 0 Å². The average molecular weight is 329 g/mol. The van der Waals surface area contributed by atoms with Crippen LogP contribution >= 0.6 is 11.3 Å². The summed E-state index contributed by atoms with van der Waals surface area (Å²) in [5.74, 6) is -1.74. The minimum absolute atomic E-state index is 0.194. The number of sulfonamides is 1. The van der Waals surface area contributed by atoms with Gasteiger partial charge in [-0.15, -0.1) is 11.3 Å². The van der Waals surface area contributed by atoms with Crippen molar-refractivity contribution >= 4 is 27.3 Å². The van der Waals surface area contributed by atoms with E-state index in [1.54, 1.807) is 11.3 Å². The number of carboxylic acids is 1. The predicted molar refractivity (Wildman–Crippen MR) is 80.8 cm³/mol. The van der Waals surface area contributed by atoms with Crippen LogP contribution in [0, 0.1) is 5.92 Å². The molecule has 0 bridgehead atoms. The van der Waals surface area contributed by atoms with Crippen molar-refractivity contribution in [1.82, 2.24) is 4.31 Å². The summed E-state index contributed by atoms with van der Waals surface area (Å²) in [5, 5.41) is 10.5. The molecule has 3 rings (SSSR count). The number of nitrogens with zero attached hydrogens (tertiary/aromatic N) is 1. The van der Waals surface area contributed by atoms with Crippen LogP contribution in [0.1, 0.15) is 42.7 Å². The summed E-state index contributed by atoms with van der Waals surface area (Å²) in [6.45, 7) is 2.35. The summed E-state index contributed by atoms with van der Waals surface area (Å²) in [5.41, 5.74) is 1.07. The molecule has 116 valence electrons. The van der Waals surface area contributed by atoms with Crippen molar-refractivity contribution in [3.63, 3.8) is 0 Å². The number of carbonyl (C=O) groups is 1. The van der Waals surface area contributed by atoms with E-state index in [1.165, 1.54) is 9.18 Å². The summed E-state index contributed by atoms with van der Waals surface area (Å²) in [6.07, 6.45) is 2.32. The summed E-state index contributed by atoms with van der Waals surface area (Å²) in [4.78, 5) is 12.5. The Bertz CT molecular complexity index is 652. The molecule has 2 aliphatic rings. The van der Waals surface area contributed by atoms with E-state index in [2.05, 4.69) is 0 Å². The van der Waals surface area contributed by atoms with Crippen LogP contribution in [0.5, 0.6) is 0 Å². The van der Waals surface area contributed by atoms with Crippen molar-refractivity contribution < 1.29 is 18.3 Å². The maximum absolute atomic E-state index is 12.9. The minimum atomic E-state index is -3.57. The fourth-order valence-electron chi connectivity index (χ4n) is 3.57. The first-order valence-electron chi connectivity index (χ1n) is 7.22. The molecular weight excluding hydrogens is 310 g/mol. The van der Waals surface area contributed by atoms with E-state index < -0.39 is 27.2 Å². The lowest BCUT2D eigenvalue weighted by Gasteiger charge is -2.35. The Hall–Kier alpha value is -0.920. The highest BCUT2D eigenvalue weighted by atomic mass is 32.2. The second kappa shape index (κ2) is 5.37. The molecule has 1 aromatic rings. The van der Waals surface area contributed by atoms with E-state index in [-0.39, 0.29) is 6.04 Å². The summed E-state index contributed by atoms with van der Waals surface area (Å²) < 4.78 is 27.3. The van der Waals surface area contributed by atoms with E-state index in [9.17, 15) is 18.3 Å². The predicted octanol–water partition coefficient (Wildman–Crippen LogP) is 2.25. The molecule has 3 atom stereocenters. The Kier molecular flexibility index (Phi) is 3.83. The number of hydrogen-bond donors (Lipinski definition) is 1. The van der Waals surface area contributed by atoms with Crippen LogP contribution in [0.3, 0.4) is 0 Å². The number of rotatable bonds is 3. The molecule has 3 unspecified atom stereocenters. The molecule has 0 aromatic carbocycles. The molecule has 21 heavy (non-hydrogen) atoms. The largest absolute Gasteiger partial charge is 0.481 e. The third kappa shape index (κ3) is 2.41. The zero-order valence-corrected chi connectivity index (χ0v) is 13.5. The second-order valence-corrected chi connectivity index (χ2v) is 8.90. The van der Waals surface area contributed by atoms with Crippen LogP contribution < -0.4 is 0 Å². The van der Waals surface area contributed by atoms with Crippen LogP contribution in [0.4, 0.5) is 0 Å². The number of thiophene rings is 1. The Morgan fingerprint density at radius 3 is 2.90 bits per heavy atom. The van der Waals surface area contributed by atoms with Crippen molar-refractivity contribution in [1.29, 1.82) is 0 Å². The fraction of sp³-hybridized carbons (Fsp3) is 0.643. The third-order valence-corrected chi connectivity index (χ3v) is 8.18. The quantitative estimate of drug-likeness (QED) is 0.923. The molecule has 1 saturated carbocycles. The van der Waals surface area contributed by atoms with Gasteiger partial charge in [-0.1, -0.05) is 6.42 Å². The number of carboxylic acid groups (broad SMARTS) is 1. The fourth-order valence-corrected chi connectivity index (χ4v) is 6.92. The van der Waals surface area contributed by atoms with Crippen molar-refractivity contribution in [3.8, 4) is 0 Å². The van der Waals surface area contributed by atoms with Gasteiger partial charge in [0.05, 0.1) is 11.2 Å². The average Bonchev–Trinajstić information content (AvgIpc) is 3.08. The smallest absolute Gasteiger partial charge is 0.307 e. The Labute approximate surface area is 128 Å². The lowest BCUT2D eigenvalue weighted by atomic mass is 10.0. The van der Waals surface area contributed by atoms with Gasteiger partial charge in [-0.3, -0.25) is 4.79 Å². The van der Waals surface area contributed by atoms with Crippen LogP contribution in [-0.4, -0.2) is 35.6 Å². The topological polar surface area (TPSA) is 74.7 Å². The summed E-state index contributed by atoms with van der Waals surface area (Å²) in [6, 6.07) is 1.79. The van der Waals surface area contributed by atoms with Gasteiger partial charge in [0.1, 0.15) is 0 Å². The molecule has 1 aliphatic heterocycles. The minimum Gasteiger partial charge on any atom is -0.481 e. The van der Waals surface area contributed by atoms with E-state index in [1.807, 2.05) is 18.4 Å². The normalized spacial score (nSPS) is 30.2. The summed E-state index contributed by atoms with van der Waals surface area (Å²) in [7, 11) is -3.57. The molecule has 0 saturated heterocycles. The highest BCUT2D eigenvalue weighted by Crippen LogP contribution is 2.39. The first-order chi connectivity index (χ1) is 9.93. The number of fused-ring (bicyclic) bond motifs is 1. The molecule has 1 N–H and O–H groups in total. The first kappa shape index (κ1) is 15.0. The molecule has 1 aromatic heterocycles. The Morgan fingerprint density at radius 2 is 2.19 bits per heavy atom. The standard InChI is InChI=1S/C14H19NO4S2/c1-9-10-6-8-20-12(10)5-7-15(9)21(18,19)13-4-2-3-11(13)14(16)17/h6,8-9,11,13H,2-5,7H2,1H3,(H,16,17). The first-order valence-corrected chi connectivity index (χ1v) is 9.61. The lowest BCUT2D eigenvalue weighted by molar-refractivity contribution is -0.141. The highest BCUT2D eigenvalue weighted by Gasteiger charge is 2.46. The van der Waals surface area contributed by atoms with Crippen LogP contribution in [0.15, 0.2) is 11.4 Å². The van der Waals surface area contributed by atoms with Crippen molar-refractivity contribution in [2.24, 2.45) is 5.92 Å². The Balaban J connectivity index is 1.91. The third-order valence-electron chi connectivity index (χ3n) is 4.70. The molecule has 1 aliphatic carbocycles. The molecule has 0 radical (unpaired) electrons. The molecular formula is C14H19NO4S2. The maximum Gasteiger partial charge on any atom is 0.307 e. The Morgan fingerprint density at radius 1 is 1.43 bits per heavy atom. The van der Waals surface area contributed by atoms with Crippen molar-refractivity contribution in [2.75, 3.05) is 6.54 Å². The molecule has 7 heteroatoms. The van der Waals surface area contributed by atoms with Crippen molar-refractivity contribution in [2.45, 2.75) is 43.9 Å². The van der Waals surface area contributed by atoms with Crippen LogP contribution in [-0.2, 0) is 21.2 Å². The van der Waals surface area contributed by atoms with Crippen molar-refractivity contribution in [3.05, 3.63) is 21.9 Å². The van der Waals surface area contributed by atoms with Gasteiger partial charge < -0.3 is 5.11 Å². The van der Waals surface area contributed by atoms with Gasteiger partial charge in [0.2, 0.25) is 10.0 Å². The molecule has 1 fully saturated rings. The van der Waals surface area contributed by atoms with E-state index in [0.29, 0.717) is 25.8 Å². The second-order valence-electron chi connectivity index (χ2n) is 5.79. The van der Waals surface area contributed by atoms with E-state index >= 15 is 0 Å². The zero-order valence-electron chi connectivity index (χ0n) is 11.9. The van der Waals surface area contributed by atoms with Crippen LogP contribution in [0.2, 0.25) is 0 Å². The van der Waals surface area contributed by atoms with E-state index in [0.717, 1.165) is 12.0 Å². The SMILES string of the molecule is CC1c2ccsc2CCN1S(=O)(=O)C1CCCC1C(=O)O. The monoisotopic (exact) mass is 329 g/mol. The summed E-state index contributed by atoms with van der Waals surface area (Å²) >= 11 is 1.66. The van der Waals surface area contributed by atoms with Gasteiger partial charge in [-0.25, -0.2) is 8.42 Å².